The van der Waals surface area contributed by atoms with Crippen molar-refractivity contribution in [2.45, 2.75) is 39.5 Å². The van der Waals surface area contributed by atoms with Crippen molar-refractivity contribution < 1.29 is 16.4 Å². The fraction of sp³-hybridized carbons (Fsp3) is 1.00. The molecule has 0 aliphatic heterocycles. The number of halogens is 4. The highest BCUT2D eigenvalue weighted by Gasteiger charge is 2.39. The van der Waals surface area contributed by atoms with E-state index in [0.717, 1.165) is 0 Å². The summed E-state index contributed by atoms with van der Waals surface area (Å²) in [5.41, 5.74) is 0. The molecule has 0 fully saturated rings. The highest BCUT2D eigenvalue weighted by atomic mass is 28.5. The van der Waals surface area contributed by atoms with Crippen molar-refractivity contribution in [3.63, 3.8) is 0 Å². The quantitative estimate of drug-likeness (QED) is 0.274. The largest absolute Gasteiger partial charge is 0.844 e. The van der Waals surface area contributed by atoms with Gasteiger partial charge >= 0.3 is 9.41 Å². The Bertz CT molecular complexity index is 61.5. The molecule has 0 atom stereocenters. The average molecular weight is 190 g/mol. The van der Waals surface area contributed by atoms with E-state index in [4.69, 9.17) is 0 Å². The van der Waals surface area contributed by atoms with Gasteiger partial charge in [-0.05, 0) is 0 Å². The lowest BCUT2D eigenvalue weighted by atomic mass is 10.2. The van der Waals surface area contributed by atoms with E-state index in [0.29, 0.717) is 0 Å². The molecule has 0 bridgehead atoms. The van der Waals surface area contributed by atoms with Gasteiger partial charge in [-0.15, -0.1) is 0 Å². The minimum Gasteiger partial charge on any atom is -0.211 e. The van der Waals surface area contributed by atoms with Crippen LogP contribution in [0.4, 0.5) is 16.4 Å². The van der Waals surface area contributed by atoms with Gasteiger partial charge in [0, 0.05) is 0 Å². The average Bonchev–Trinajstić information content (AvgIpc) is 1.79. The summed E-state index contributed by atoms with van der Waals surface area (Å²) >= 11 is 0. The van der Waals surface area contributed by atoms with Gasteiger partial charge in [0.25, 0.3) is 0 Å². The van der Waals surface area contributed by atoms with Gasteiger partial charge in [-0.3, -0.25) is 0 Å². The lowest BCUT2D eigenvalue weighted by Crippen LogP contribution is -2.02. The predicted molar refractivity (Wildman–Crippen MR) is 40.0 cm³/mol. The van der Waals surface area contributed by atoms with Crippen LogP contribution >= 0.6 is 0 Å². The zero-order chi connectivity index (χ0) is 9.33. The van der Waals surface area contributed by atoms with Crippen LogP contribution in [-0.4, -0.2) is 9.41 Å². The molecule has 0 radical (unpaired) electrons. The molecule has 0 spiro atoms. The molecule has 0 aromatic carbocycles. The highest BCUT2D eigenvalue weighted by Crippen LogP contribution is 2.06. The molecule has 0 amide bonds. The first-order valence-corrected chi connectivity index (χ1v) is 5.18. The van der Waals surface area contributed by atoms with E-state index < -0.39 is 9.41 Å². The molecule has 0 saturated heterocycles. The monoisotopic (exact) mass is 190 g/mol. The van der Waals surface area contributed by atoms with Crippen molar-refractivity contribution in [2.75, 3.05) is 0 Å². The van der Waals surface area contributed by atoms with Crippen molar-refractivity contribution >= 4 is 9.41 Å². The second-order valence-electron chi connectivity index (χ2n) is 2.14. The molecule has 0 aliphatic rings. The van der Waals surface area contributed by atoms with E-state index in [-0.39, 0.29) is 0 Å². The Labute approximate surface area is 66.3 Å². The third kappa shape index (κ3) is 72.6. The van der Waals surface area contributed by atoms with Crippen LogP contribution in [0.2, 0.25) is 0 Å². The fourth-order valence-corrected chi connectivity index (χ4v) is 0.500. The van der Waals surface area contributed by atoms with Crippen molar-refractivity contribution in [1.29, 1.82) is 0 Å². The Morgan fingerprint density at radius 2 is 1.00 bits per heavy atom. The SMILES string of the molecule is CCCCCC.F[Si](F)(F)F. The fourth-order valence-electron chi connectivity index (χ4n) is 0.500. The van der Waals surface area contributed by atoms with E-state index in [1.807, 2.05) is 0 Å². The summed E-state index contributed by atoms with van der Waals surface area (Å²) in [6, 6.07) is 0. The summed E-state index contributed by atoms with van der Waals surface area (Å²) in [6.45, 7) is 4.46. The third-order valence-electron chi connectivity index (χ3n) is 0.957. The zero-order valence-electron chi connectivity index (χ0n) is 6.84. The lowest BCUT2D eigenvalue weighted by Gasteiger charge is -1.86. The van der Waals surface area contributed by atoms with Crippen LogP contribution in [0.15, 0.2) is 0 Å². The van der Waals surface area contributed by atoms with Crippen molar-refractivity contribution in [1.82, 2.24) is 0 Å². The number of rotatable bonds is 3. The summed E-state index contributed by atoms with van der Waals surface area (Å²) in [7, 11) is -6.61. The molecular formula is C6H14F4Si. The van der Waals surface area contributed by atoms with Crippen LogP contribution in [0.25, 0.3) is 0 Å². The molecule has 5 heteroatoms. The van der Waals surface area contributed by atoms with Crippen LogP contribution in [0, 0.1) is 0 Å². The molecule has 0 heterocycles. The third-order valence-corrected chi connectivity index (χ3v) is 0.957. The first-order valence-electron chi connectivity index (χ1n) is 3.67. The highest BCUT2D eigenvalue weighted by molar-refractivity contribution is 6.50. The molecule has 11 heavy (non-hydrogen) atoms. The van der Waals surface area contributed by atoms with Gasteiger partial charge in [0.05, 0.1) is 0 Å². The van der Waals surface area contributed by atoms with Crippen LogP contribution < -0.4 is 0 Å². The number of unbranched alkanes of at least 4 members (excludes halogenated alkanes) is 3. The molecule has 0 aromatic rings. The molecule has 0 aliphatic carbocycles. The Hall–Kier alpha value is -0.0631. The van der Waals surface area contributed by atoms with Crippen LogP contribution in [0.5, 0.6) is 0 Å². The summed E-state index contributed by atoms with van der Waals surface area (Å²) < 4.78 is 39.3. The molecule has 0 unspecified atom stereocenters. The van der Waals surface area contributed by atoms with Gasteiger partial charge in [-0.25, -0.2) is 16.4 Å². The first-order chi connectivity index (χ1) is 4.91. The smallest absolute Gasteiger partial charge is 0.211 e. The minimum absolute atomic E-state index is 1.36. The standard InChI is InChI=1S/C6H14.F4Si/c1-3-5-6-4-2;1-5(2,3)4/h3-6H2,1-2H3;. The predicted octanol–water partition coefficient (Wildman–Crippen LogP) is 3.89. The van der Waals surface area contributed by atoms with Gasteiger partial charge in [0.2, 0.25) is 0 Å². The Kier molecular flexibility index (Phi) is 9.88. The van der Waals surface area contributed by atoms with Crippen LogP contribution in [0.3, 0.4) is 0 Å². The molecule has 0 N–H and O–H groups in total. The maximum atomic E-state index is 9.83. The summed E-state index contributed by atoms with van der Waals surface area (Å²) in [5.74, 6) is 0. The first kappa shape index (κ1) is 13.5. The van der Waals surface area contributed by atoms with Gasteiger partial charge in [-0.1, -0.05) is 39.5 Å². The van der Waals surface area contributed by atoms with Gasteiger partial charge in [-0.2, -0.15) is 0 Å². The van der Waals surface area contributed by atoms with E-state index in [9.17, 15) is 16.4 Å². The summed E-state index contributed by atoms with van der Waals surface area (Å²) in [4.78, 5) is 0. The minimum atomic E-state index is -6.61. The Morgan fingerprint density at radius 1 is 0.818 bits per heavy atom. The van der Waals surface area contributed by atoms with Crippen molar-refractivity contribution in [3.8, 4) is 0 Å². The second kappa shape index (κ2) is 8.04. The van der Waals surface area contributed by atoms with Crippen molar-refractivity contribution in [2.24, 2.45) is 0 Å². The van der Waals surface area contributed by atoms with E-state index >= 15 is 0 Å². The molecular weight excluding hydrogens is 176 g/mol. The molecule has 0 nitrogen and oxygen atoms in total. The Morgan fingerprint density at radius 3 is 1.09 bits per heavy atom. The van der Waals surface area contributed by atoms with Crippen LogP contribution in [-0.2, 0) is 0 Å². The van der Waals surface area contributed by atoms with E-state index in [1.54, 1.807) is 0 Å². The topological polar surface area (TPSA) is 0 Å². The van der Waals surface area contributed by atoms with E-state index in [2.05, 4.69) is 13.8 Å². The van der Waals surface area contributed by atoms with Gasteiger partial charge in [0.15, 0.2) is 0 Å². The van der Waals surface area contributed by atoms with Crippen LogP contribution in [0.1, 0.15) is 39.5 Å². The molecule has 0 rings (SSSR count). The maximum Gasteiger partial charge on any atom is 0.844 e. The molecule has 0 aromatic heterocycles. The lowest BCUT2D eigenvalue weighted by molar-refractivity contribution is 0.368. The molecule has 0 saturated carbocycles. The van der Waals surface area contributed by atoms with E-state index in [1.165, 1.54) is 25.7 Å². The summed E-state index contributed by atoms with van der Waals surface area (Å²) in [6.07, 6.45) is 5.54. The van der Waals surface area contributed by atoms with Gasteiger partial charge < -0.3 is 0 Å². The zero-order valence-corrected chi connectivity index (χ0v) is 7.84. The van der Waals surface area contributed by atoms with Crippen molar-refractivity contribution in [3.05, 3.63) is 0 Å². The molecule has 70 valence electrons. The Balaban J connectivity index is 0. The van der Waals surface area contributed by atoms with Gasteiger partial charge in [0.1, 0.15) is 0 Å². The number of hydrogen-bond acceptors (Lipinski definition) is 0. The number of hydrogen-bond donors (Lipinski definition) is 0. The maximum absolute atomic E-state index is 9.83. The summed E-state index contributed by atoms with van der Waals surface area (Å²) in [5, 5.41) is 0. The normalized spacial score (nSPS) is 10.4. The second-order valence-corrected chi connectivity index (χ2v) is 2.99.